The van der Waals surface area contributed by atoms with Gasteiger partial charge in [-0.15, -0.1) is 0 Å². The molecule has 11 nitrogen and oxygen atoms in total. The summed E-state index contributed by atoms with van der Waals surface area (Å²) in [5.41, 5.74) is 0.829. The lowest BCUT2D eigenvalue weighted by Gasteiger charge is -2.25. The number of aryl methyl sites for hydroxylation is 1. The molecule has 0 aliphatic carbocycles. The second kappa shape index (κ2) is 20.3. The topological polar surface area (TPSA) is 130 Å². The number of aldehydes is 1. The van der Waals surface area contributed by atoms with Gasteiger partial charge in [0, 0.05) is 40.2 Å². The number of carbonyl (C=O) groups is 4. The third-order valence-electron chi connectivity index (χ3n) is 4.83. The maximum absolute atomic E-state index is 13.1. The average Bonchev–Trinajstić information content (AvgIpc) is 2.89. The Bertz CT molecular complexity index is 816. The van der Waals surface area contributed by atoms with Crippen molar-refractivity contribution in [3.63, 3.8) is 0 Å². The molecular formula is C23H33IN2O9S. The van der Waals surface area contributed by atoms with Gasteiger partial charge in [-0.25, -0.2) is 0 Å². The Morgan fingerprint density at radius 2 is 1.64 bits per heavy atom. The van der Waals surface area contributed by atoms with Gasteiger partial charge in [0.25, 0.3) is 5.91 Å². The van der Waals surface area contributed by atoms with E-state index in [0.717, 1.165) is 4.90 Å². The fourth-order valence-electron chi connectivity index (χ4n) is 3.00. The number of hydrogen-bond acceptors (Lipinski definition) is 10. The van der Waals surface area contributed by atoms with Crippen LogP contribution in [0.3, 0.4) is 0 Å². The SMILES string of the molecule is CNC(=O)C(CCC=O)N(C=O)C(=O)c1cc(OCCOCCOCCOCCOSI)ccc1C. The quantitative estimate of drug-likeness (QED) is 0.0924. The molecule has 1 aromatic carbocycles. The van der Waals surface area contributed by atoms with Gasteiger partial charge in [0.15, 0.2) is 0 Å². The highest BCUT2D eigenvalue weighted by Gasteiger charge is 2.30. The molecule has 0 spiro atoms. The van der Waals surface area contributed by atoms with Gasteiger partial charge in [-0.1, -0.05) is 6.07 Å². The van der Waals surface area contributed by atoms with Gasteiger partial charge < -0.3 is 33.2 Å². The van der Waals surface area contributed by atoms with Gasteiger partial charge in [-0.3, -0.25) is 19.3 Å². The third-order valence-corrected chi connectivity index (χ3v) is 5.84. The molecule has 0 fully saturated rings. The fraction of sp³-hybridized carbons (Fsp3) is 0.565. The molecule has 0 bridgehead atoms. The van der Waals surface area contributed by atoms with Crippen molar-refractivity contribution >= 4 is 54.9 Å². The highest BCUT2D eigenvalue weighted by molar-refractivity contribution is 14.2. The summed E-state index contributed by atoms with van der Waals surface area (Å²) in [5.74, 6) is -0.765. The highest BCUT2D eigenvalue weighted by atomic mass is 127. The van der Waals surface area contributed by atoms with Crippen LogP contribution in [0.15, 0.2) is 18.2 Å². The van der Waals surface area contributed by atoms with Crippen molar-refractivity contribution in [3.05, 3.63) is 29.3 Å². The number of rotatable bonds is 21. The Hall–Kier alpha value is -1.78. The Morgan fingerprint density at radius 3 is 2.19 bits per heavy atom. The first kappa shape index (κ1) is 32.2. The first-order valence-electron chi connectivity index (χ1n) is 11.3. The maximum atomic E-state index is 13.1. The van der Waals surface area contributed by atoms with Crippen molar-refractivity contribution in [2.75, 3.05) is 59.9 Å². The van der Waals surface area contributed by atoms with Crippen molar-refractivity contribution in [1.29, 1.82) is 0 Å². The van der Waals surface area contributed by atoms with Gasteiger partial charge in [0.2, 0.25) is 12.3 Å². The van der Waals surface area contributed by atoms with Crippen LogP contribution < -0.4 is 10.1 Å². The predicted molar refractivity (Wildman–Crippen MR) is 142 cm³/mol. The number of nitrogens with zero attached hydrogens (tertiary/aromatic N) is 1. The van der Waals surface area contributed by atoms with E-state index in [2.05, 4.69) is 5.32 Å². The molecule has 3 amide bonds. The lowest BCUT2D eigenvalue weighted by Crippen LogP contribution is -2.48. The first-order valence-corrected chi connectivity index (χ1v) is 14.6. The normalized spacial score (nSPS) is 11.5. The molecule has 36 heavy (non-hydrogen) atoms. The smallest absolute Gasteiger partial charge is 0.261 e. The van der Waals surface area contributed by atoms with E-state index in [1.807, 2.05) is 21.2 Å². The van der Waals surface area contributed by atoms with Crippen LogP contribution in [-0.4, -0.2) is 95.4 Å². The Labute approximate surface area is 227 Å². The van der Waals surface area contributed by atoms with Crippen LogP contribution in [0.4, 0.5) is 0 Å². The second-order valence-corrected chi connectivity index (χ2v) is 8.68. The number of benzene rings is 1. The Balaban J connectivity index is 2.48. The summed E-state index contributed by atoms with van der Waals surface area (Å²) >= 11 is 2.04. The first-order chi connectivity index (χ1) is 17.5. The minimum absolute atomic E-state index is 0.0316. The van der Waals surface area contributed by atoms with Crippen molar-refractivity contribution in [2.45, 2.75) is 25.8 Å². The summed E-state index contributed by atoms with van der Waals surface area (Å²) in [7, 11) is 2.67. The van der Waals surface area contributed by atoms with Crippen molar-refractivity contribution < 1.29 is 42.3 Å². The average molecular weight is 640 g/mol. The number of hydrogen-bond donors (Lipinski definition) is 1. The summed E-state index contributed by atoms with van der Waals surface area (Å²) in [4.78, 5) is 48.6. The molecule has 0 radical (unpaired) electrons. The van der Waals surface area contributed by atoms with Crippen LogP contribution in [0.1, 0.15) is 28.8 Å². The molecule has 202 valence electrons. The number of carbonyl (C=O) groups excluding carboxylic acids is 4. The van der Waals surface area contributed by atoms with Crippen molar-refractivity contribution in [3.8, 4) is 5.75 Å². The van der Waals surface area contributed by atoms with Crippen LogP contribution in [-0.2, 0) is 32.8 Å². The summed E-state index contributed by atoms with van der Waals surface area (Å²) in [5, 5.41) is 2.42. The van der Waals surface area contributed by atoms with Crippen LogP contribution in [0, 0.1) is 6.92 Å². The number of halogens is 1. The van der Waals surface area contributed by atoms with Gasteiger partial charge in [-0.05, 0) is 31.0 Å². The lowest BCUT2D eigenvalue weighted by atomic mass is 10.0. The van der Waals surface area contributed by atoms with Crippen LogP contribution in [0.2, 0.25) is 0 Å². The minimum Gasteiger partial charge on any atom is -0.491 e. The molecule has 1 rings (SSSR count). The van der Waals surface area contributed by atoms with E-state index in [1.165, 1.54) is 22.3 Å². The molecular weight excluding hydrogens is 607 g/mol. The van der Waals surface area contributed by atoms with E-state index in [0.29, 0.717) is 70.3 Å². The molecule has 0 saturated heterocycles. The number of amides is 3. The zero-order valence-electron chi connectivity index (χ0n) is 20.4. The van der Waals surface area contributed by atoms with Crippen LogP contribution >= 0.6 is 30.4 Å². The lowest BCUT2D eigenvalue weighted by molar-refractivity contribution is -0.131. The largest absolute Gasteiger partial charge is 0.491 e. The molecule has 1 unspecified atom stereocenters. The second-order valence-electron chi connectivity index (χ2n) is 7.24. The van der Waals surface area contributed by atoms with Gasteiger partial charge >= 0.3 is 0 Å². The van der Waals surface area contributed by atoms with Crippen LogP contribution in [0.25, 0.3) is 0 Å². The standard InChI is InChI=1S/C23H33IN2O9S/c1-18-5-6-19(34-14-12-32-10-8-31-9-11-33-13-15-35-36-24)16-20(18)23(30)26(17-28)21(4-3-7-27)22(29)25-2/h5-7,16-17,21H,3-4,8-15H2,1-2H3,(H,25,29). The van der Waals surface area contributed by atoms with E-state index in [9.17, 15) is 19.2 Å². The molecule has 1 N–H and O–H groups in total. The zero-order valence-corrected chi connectivity index (χ0v) is 23.4. The van der Waals surface area contributed by atoms with Crippen LogP contribution in [0.5, 0.6) is 5.75 Å². The molecule has 1 atom stereocenters. The highest BCUT2D eigenvalue weighted by Crippen LogP contribution is 2.20. The third kappa shape index (κ3) is 12.5. The Kier molecular flexibility index (Phi) is 18.2. The van der Waals surface area contributed by atoms with E-state index in [4.69, 9.17) is 23.1 Å². The minimum atomic E-state index is -1.09. The van der Waals surface area contributed by atoms with E-state index >= 15 is 0 Å². The monoisotopic (exact) mass is 640 g/mol. The molecule has 13 heteroatoms. The fourth-order valence-corrected chi connectivity index (χ4v) is 3.67. The summed E-state index contributed by atoms with van der Waals surface area (Å²) in [6.07, 6.45) is 1.01. The predicted octanol–water partition coefficient (Wildman–Crippen LogP) is 2.13. The summed E-state index contributed by atoms with van der Waals surface area (Å²) < 4.78 is 26.9. The Morgan fingerprint density at radius 1 is 1.03 bits per heavy atom. The van der Waals surface area contributed by atoms with E-state index in [1.54, 1.807) is 19.1 Å². The number of imide groups is 1. The number of ether oxygens (including phenoxy) is 4. The van der Waals surface area contributed by atoms with Gasteiger partial charge in [0.05, 0.1) is 55.5 Å². The van der Waals surface area contributed by atoms with E-state index in [-0.39, 0.29) is 25.0 Å². The van der Waals surface area contributed by atoms with Crippen molar-refractivity contribution in [2.24, 2.45) is 0 Å². The molecule has 0 aliphatic rings. The molecule has 0 saturated carbocycles. The van der Waals surface area contributed by atoms with Gasteiger partial charge in [-0.2, -0.15) is 0 Å². The molecule has 0 aliphatic heterocycles. The molecule has 0 heterocycles. The summed E-state index contributed by atoms with van der Waals surface area (Å²) in [6.45, 7) is 5.07. The number of nitrogens with one attached hydrogen (secondary N) is 1. The molecule has 0 aromatic heterocycles. The van der Waals surface area contributed by atoms with Crippen molar-refractivity contribution in [1.82, 2.24) is 10.2 Å². The molecule has 1 aromatic rings. The maximum Gasteiger partial charge on any atom is 0.261 e. The van der Waals surface area contributed by atoms with E-state index < -0.39 is 17.9 Å². The zero-order chi connectivity index (χ0) is 26.6. The number of likely N-dealkylation sites (N-methyl/N-ethyl adjacent to an activating group) is 1. The summed E-state index contributed by atoms with van der Waals surface area (Å²) in [6, 6.07) is 3.81. The van der Waals surface area contributed by atoms with Gasteiger partial charge in [0.1, 0.15) is 24.7 Å².